The van der Waals surface area contributed by atoms with Crippen molar-refractivity contribution >= 4 is 0 Å². The van der Waals surface area contributed by atoms with Crippen LogP contribution in [-0.4, -0.2) is 47.0 Å². The van der Waals surface area contributed by atoms with E-state index in [1.54, 1.807) is 0 Å². The topological polar surface area (TPSA) is 43.7 Å². The van der Waals surface area contributed by atoms with Crippen LogP contribution < -0.4 is 0 Å². The zero-order valence-electron chi connectivity index (χ0n) is 11.2. The molecule has 0 bridgehead atoms. The summed E-state index contributed by atoms with van der Waals surface area (Å²) in [5, 5.41) is 19.6. The lowest BCUT2D eigenvalue weighted by Crippen LogP contribution is -2.38. The van der Waals surface area contributed by atoms with E-state index in [4.69, 9.17) is 0 Å². The first-order valence-electron chi connectivity index (χ1n) is 7.14. The van der Waals surface area contributed by atoms with Gasteiger partial charge in [-0.1, -0.05) is 6.92 Å². The Bertz CT molecular complexity index is 244. The highest BCUT2D eigenvalue weighted by atomic mass is 16.3. The molecule has 0 aromatic rings. The molecule has 2 aliphatic rings. The van der Waals surface area contributed by atoms with Crippen LogP contribution in [0.2, 0.25) is 0 Å². The Kier molecular flexibility index (Phi) is 4.45. The van der Waals surface area contributed by atoms with Gasteiger partial charge >= 0.3 is 0 Å². The van der Waals surface area contributed by atoms with Crippen molar-refractivity contribution in [2.45, 2.75) is 51.7 Å². The number of nitrogens with zero attached hydrogens (tertiary/aromatic N) is 1. The van der Waals surface area contributed by atoms with Gasteiger partial charge < -0.3 is 15.1 Å². The third-order valence-electron chi connectivity index (χ3n) is 4.69. The number of hydrogen-bond donors (Lipinski definition) is 2. The lowest BCUT2D eigenvalue weighted by Gasteiger charge is -2.34. The number of hydrogen-bond acceptors (Lipinski definition) is 3. The molecule has 2 fully saturated rings. The lowest BCUT2D eigenvalue weighted by atomic mass is 9.80. The van der Waals surface area contributed by atoms with E-state index < -0.39 is 0 Å². The summed E-state index contributed by atoms with van der Waals surface area (Å²) in [4.78, 5) is 2.43. The summed E-state index contributed by atoms with van der Waals surface area (Å²) in [5.41, 5.74) is 0. The van der Waals surface area contributed by atoms with Gasteiger partial charge in [0, 0.05) is 13.1 Å². The third kappa shape index (κ3) is 3.43. The van der Waals surface area contributed by atoms with Crippen molar-refractivity contribution in [3.05, 3.63) is 0 Å². The Morgan fingerprint density at radius 1 is 1.29 bits per heavy atom. The van der Waals surface area contributed by atoms with Crippen LogP contribution in [0.4, 0.5) is 0 Å². The fourth-order valence-corrected chi connectivity index (χ4v) is 3.43. The molecule has 0 aromatic heterocycles. The highest BCUT2D eigenvalue weighted by Gasteiger charge is 2.32. The lowest BCUT2D eigenvalue weighted by molar-refractivity contribution is 0.0324. The zero-order valence-corrected chi connectivity index (χ0v) is 11.2. The predicted octanol–water partition coefficient (Wildman–Crippen LogP) is 1.49. The maximum Gasteiger partial charge on any atom is 0.0580 e. The first kappa shape index (κ1) is 13.3. The average molecular weight is 241 g/mol. The highest BCUT2D eigenvalue weighted by molar-refractivity contribution is 4.85. The Balaban J connectivity index is 1.81. The van der Waals surface area contributed by atoms with E-state index in [1.807, 2.05) is 6.92 Å². The minimum absolute atomic E-state index is 0.100. The smallest absolute Gasteiger partial charge is 0.0580 e. The summed E-state index contributed by atoms with van der Waals surface area (Å²) < 4.78 is 0. The van der Waals surface area contributed by atoms with Crippen molar-refractivity contribution in [2.75, 3.05) is 19.6 Å². The molecule has 1 saturated heterocycles. The van der Waals surface area contributed by atoms with E-state index in [9.17, 15) is 10.2 Å². The second kappa shape index (κ2) is 5.68. The maximum absolute atomic E-state index is 10.0. The second-order valence-electron chi connectivity index (χ2n) is 6.29. The number of rotatable bonds is 3. The standard InChI is InChI=1S/C14H27NO2/c1-10-3-4-14(17)13(7-10)9-15-6-5-12(8-15)11(2)16/h10-14,16-17H,3-9H2,1-2H3. The van der Waals surface area contributed by atoms with Gasteiger partial charge in [-0.05, 0) is 56.9 Å². The molecular formula is C14H27NO2. The van der Waals surface area contributed by atoms with Crippen LogP contribution in [0, 0.1) is 17.8 Å². The third-order valence-corrected chi connectivity index (χ3v) is 4.69. The van der Waals surface area contributed by atoms with Gasteiger partial charge in [-0.2, -0.15) is 0 Å². The Morgan fingerprint density at radius 2 is 2.06 bits per heavy atom. The van der Waals surface area contributed by atoms with Crippen LogP contribution in [0.15, 0.2) is 0 Å². The summed E-state index contributed by atoms with van der Waals surface area (Å²) in [5.74, 6) is 1.65. The van der Waals surface area contributed by atoms with Gasteiger partial charge in [0.05, 0.1) is 12.2 Å². The normalized spacial score (nSPS) is 41.6. The van der Waals surface area contributed by atoms with Gasteiger partial charge in [0.2, 0.25) is 0 Å². The van der Waals surface area contributed by atoms with Crippen molar-refractivity contribution in [3.8, 4) is 0 Å². The van der Waals surface area contributed by atoms with Gasteiger partial charge in [0.15, 0.2) is 0 Å². The fourth-order valence-electron chi connectivity index (χ4n) is 3.43. The summed E-state index contributed by atoms with van der Waals surface area (Å²) in [6.45, 7) is 7.31. The molecule has 100 valence electrons. The molecule has 0 spiro atoms. The van der Waals surface area contributed by atoms with Gasteiger partial charge in [-0.3, -0.25) is 0 Å². The molecule has 3 heteroatoms. The maximum atomic E-state index is 10.0. The first-order chi connectivity index (χ1) is 8.06. The molecule has 5 atom stereocenters. The quantitative estimate of drug-likeness (QED) is 0.787. The zero-order chi connectivity index (χ0) is 12.4. The van der Waals surface area contributed by atoms with Crippen LogP contribution in [0.1, 0.15) is 39.5 Å². The van der Waals surface area contributed by atoms with Gasteiger partial charge in [-0.15, -0.1) is 0 Å². The van der Waals surface area contributed by atoms with E-state index in [1.165, 1.54) is 6.42 Å². The average Bonchev–Trinajstić information content (AvgIpc) is 2.72. The van der Waals surface area contributed by atoms with E-state index in [2.05, 4.69) is 11.8 Å². The summed E-state index contributed by atoms with van der Waals surface area (Å²) in [6, 6.07) is 0. The van der Waals surface area contributed by atoms with Crippen LogP contribution in [0.3, 0.4) is 0 Å². The largest absolute Gasteiger partial charge is 0.393 e. The molecule has 1 saturated carbocycles. The van der Waals surface area contributed by atoms with E-state index in [0.717, 1.165) is 44.8 Å². The first-order valence-corrected chi connectivity index (χ1v) is 7.14. The van der Waals surface area contributed by atoms with Gasteiger partial charge in [-0.25, -0.2) is 0 Å². The van der Waals surface area contributed by atoms with Crippen LogP contribution in [-0.2, 0) is 0 Å². The minimum Gasteiger partial charge on any atom is -0.393 e. The molecular weight excluding hydrogens is 214 g/mol. The number of aliphatic hydroxyl groups is 2. The van der Waals surface area contributed by atoms with Crippen molar-refractivity contribution < 1.29 is 10.2 Å². The monoisotopic (exact) mass is 241 g/mol. The number of likely N-dealkylation sites (tertiary alicyclic amines) is 1. The van der Waals surface area contributed by atoms with E-state index in [0.29, 0.717) is 11.8 Å². The molecule has 2 rings (SSSR count). The summed E-state index contributed by atoms with van der Waals surface area (Å²) >= 11 is 0. The summed E-state index contributed by atoms with van der Waals surface area (Å²) in [6.07, 6.45) is 4.13. The molecule has 1 heterocycles. The van der Waals surface area contributed by atoms with Crippen LogP contribution >= 0.6 is 0 Å². The second-order valence-corrected chi connectivity index (χ2v) is 6.29. The van der Waals surface area contributed by atoms with E-state index in [-0.39, 0.29) is 12.2 Å². The predicted molar refractivity (Wildman–Crippen MR) is 68.7 cm³/mol. The Hall–Kier alpha value is -0.120. The highest BCUT2D eigenvalue weighted by Crippen LogP contribution is 2.31. The van der Waals surface area contributed by atoms with E-state index >= 15 is 0 Å². The molecule has 0 radical (unpaired) electrons. The van der Waals surface area contributed by atoms with Crippen molar-refractivity contribution in [2.24, 2.45) is 17.8 Å². The SMILES string of the molecule is CC1CCC(O)C(CN2CCC(C(C)O)C2)C1. The Labute approximate surface area is 105 Å². The van der Waals surface area contributed by atoms with Gasteiger partial charge in [0.1, 0.15) is 0 Å². The molecule has 17 heavy (non-hydrogen) atoms. The molecule has 0 aromatic carbocycles. The molecule has 1 aliphatic heterocycles. The van der Waals surface area contributed by atoms with Gasteiger partial charge in [0.25, 0.3) is 0 Å². The molecule has 0 amide bonds. The van der Waals surface area contributed by atoms with Crippen molar-refractivity contribution in [1.29, 1.82) is 0 Å². The van der Waals surface area contributed by atoms with Crippen LogP contribution in [0.25, 0.3) is 0 Å². The Morgan fingerprint density at radius 3 is 2.71 bits per heavy atom. The number of aliphatic hydroxyl groups excluding tert-OH is 2. The molecule has 1 aliphatic carbocycles. The fraction of sp³-hybridized carbons (Fsp3) is 1.00. The summed E-state index contributed by atoms with van der Waals surface area (Å²) in [7, 11) is 0. The minimum atomic E-state index is -0.185. The molecule has 5 unspecified atom stereocenters. The molecule has 3 nitrogen and oxygen atoms in total. The van der Waals surface area contributed by atoms with Crippen molar-refractivity contribution in [3.63, 3.8) is 0 Å². The van der Waals surface area contributed by atoms with Crippen molar-refractivity contribution in [1.82, 2.24) is 4.90 Å². The molecule has 2 N–H and O–H groups in total. The van der Waals surface area contributed by atoms with Crippen LogP contribution in [0.5, 0.6) is 0 Å².